The van der Waals surface area contributed by atoms with Crippen molar-refractivity contribution < 1.29 is 5.11 Å². The zero-order valence-electron chi connectivity index (χ0n) is 8.16. The third kappa shape index (κ3) is 1.51. The molecule has 0 unspecified atom stereocenters. The second-order valence-electron chi connectivity index (χ2n) is 3.25. The van der Waals surface area contributed by atoms with Crippen molar-refractivity contribution in [3.63, 3.8) is 0 Å². The zero-order chi connectivity index (χ0) is 11.0. The van der Waals surface area contributed by atoms with Gasteiger partial charge in [0.15, 0.2) is 10.5 Å². The Labute approximate surface area is 95.3 Å². The van der Waals surface area contributed by atoms with Crippen LogP contribution in [-0.4, -0.2) is 20.1 Å². The molecule has 0 saturated heterocycles. The Kier molecular flexibility index (Phi) is 2.04. The number of thiazole rings is 1. The molecule has 16 heavy (non-hydrogen) atoms. The Hall–Kier alpha value is -2.01. The van der Waals surface area contributed by atoms with E-state index < -0.39 is 0 Å². The molecule has 2 aromatic heterocycles. The lowest BCUT2D eigenvalue weighted by Gasteiger charge is -1.94. The van der Waals surface area contributed by atoms with Gasteiger partial charge in [0.1, 0.15) is 10.8 Å². The fraction of sp³-hybridized carbons (Fsp3) is 0. The Balaban J connectivity index is 2.15. The van der Waals surface area contributed by atoms with Gasteiger partial charge in [0.2, 0.25) is 0 Å². The highest BCUT2D eigenvalue weighted by molar-refractivity contribution is 7.21. The Morgan fingerprint density at radius 3 is 2.50 bits per heavy atom. The molecule has 2 heterocycles. The molecule has 0 bridgehead atoms. The maximum Gasteiger partial charge on any atom is 0.190 e. The van der Waals surface area contributed by atoms with E-state index in [2.05, 4.69) is 15.0 Å². The maximum absolute atomic E-state index is 9.20. The summed E-state index contributed by atoms with van der Waals surface area (Å²) in [6.07, 6.45) is 3.28. The highest BCUT2D eigenvalue weighted by atomic mass is 32.1. The summed E-state index contributed by atoms with van der Waals surface area (Å²) < 4.78 is 0. The molecule has 5 heteroatoms. The van der Waals surface area contributed by atoms with Crippen LogP contribution in [0, 0.1) is 0 Å². The van der Waals surface area contributed by atoms with Gasteiger partial charge in [0.05, 0.1) is 0 Å². The topological polar surface area (TPSA) is 58.9 Å². The molecule has 0 atom stereocenters. The van der Waals surface area contributed by atoms with Crippen molar-refractivity contribution in [3.05, 3.63) is 36.7 Å². The Morgan fingerprint density at radius 2 is 1.75 bits per heavy atom. The molecule has 3 rings (SSSR count). The van der Waals surface area contributed by atoms with Crippen molar-refractivity contribution in [2.45, 2.75) is 0 Å². The van der Waals surface area contributed by atoms with E-state index in [1.165, 1.54) is 11.3 Å². The van der Waals surface area contributed by atoms with Gasteiger partial charge in [0.25, 0.3) is 0 Å². The predicted octanol–water partition coefficient (Wildman–Crippen LogP) is 2.46. The molecular weight excluding hydrogens is 222 g/mol. The van der Waals surface area contributed by atoms with Gasteiger partial charge in [-0.05, 0) is 24.3 Å². The lowest BCUT2D eigenvalue weighted by molar-refractivity contribution is 0.475. The largest absolute Gasteiger partial charge is 0.508 e. The van der Waals surface area contributed by atoms with Crippen LogP contribution in [0.5, 0.6) is 5.75 Å². The van der Waals surface area contributed by atoms with Crippen molar-refractivity contribution in [3.8, 4) is 16.3 Å². The maximum atomic E-state index is 9.20. The lowest BCUT2D eigenvalue weighted by atomic mass is 10.2. The summed E-state index contributed by atoms with van der Waals surface area (Å²) in [6, 6.07) is 6.94. The first-order valence-corrected chi connectivity index (χ1v) is 5.51. The van der Waals surface area contributed by atoms with Crippen LogP contribution in [-0.2, 0) is 0 Å². The van der Waals surface area contributed by atoms with Crippen LogP contribution in [0.3, 0.4) is 0 Å². The quantitative estimate of drug-likeness (QED) is 0.696. The van der Waals surface area contributed by atoms with Crippen molar-refractivity contribution in [2.75, 3.05) is 0 Å². The number of rotatable bonds is 1. The molecule has 78 valence electrons. The average Bonchev–Trinajstić information content (AvgIpc) is 2.73. The Morgan fingerprint density at radius 1 is 1.00 bits per heavy atom. The standard InChI is InChI=1S/C11H7N3OS/c15-8-3-1-7(2-4-8)10-14-9-11(16-10)13-6-5-12-9/h1-6,15H. The monoisotopic (exact) mass is 229 g/mol. The molecule has 1 aromatic carbocycles. The number of nitrogens with zero attached hydrogens (tertiary/aromatic N) is 3. The van der Waals surface area contributed by atoms with E-state index in [4.69, 9.17) is 0 Å². The number of hydrogen-bond acceptors (Lipinski definition) is 5. The van der Waals surface area contributed by atoms with Crippen molar-refractivity contribution in [2.24, 2.45) is 0 Å². The molecule has 0 spiro atoms. The van der Waals surface area contributed by atoms with Gasteiger partial charge in [0, 0.05) is 18.0 Å². The molecule has 0 aliphatic carbocycles. The number of benzene rings is 1. The first-order chi connectivity index (χ1) is 7.83. The molecular formula is C11H7N3OS. The minimum Gasteiger partial charge on any atom is -0.508 e. The number of fused-ring (bicyclic) bond motifs is 1. The molecule has 3 aromatic rings. The molecule has 0 fully saturated rings. The zero-order valence-corrected chi connectivity index (χ0v) is 8.98. The molecule has 0 amide bonds. The van der Waals surface area contributed by atoms with Crippen LogP contribution in [0.4, 0.5) is 0 Å². The van der Waals surface area contributed by atoms with Crippen LogP contribution in [0.2, 0.25) is 0 Å². The van der Waals surface area contributed by atoms with E-state index in [9.17, 15) is 5.11 Å². The van der Waals surface area contributed by atoms with E-state index in [1.54, 1.807) is 24.5 Å². The van der Waals surface area contributed by atoms with E-state index in [1.807, 2.05) is 12.1 Å². The summed E-state index contributed by atoms with van der Waals surface area (Å²) in [4.78, 5) is 13.5. The predicted molar refractivity (Wildman–Crippen MR) is 62.3 cm³/mol. The minimum absolute atomic E-state index is 0.251. The molecule has 0 saturated carbocycles. The van der Waals surface area contributed by atoms with Gasteiger partial charge in [-0.3, -0.25) is 0 Å². The summed E-state index contributed by atoms with van der Waals surface area (Å²) >= 11 is 1.49. The number of phenolic OH excluding ortho intramolecular Hbond substituents is 1. The van der Waals surface area contributed by atoms with Gasteiger partial charge in [-0.2, -0.15) is 0 Å². The highest BCUT2D eigenvalue weighted by Gasteiger charge is 2.07. The van der Waals surface area contributed by atoms with E-state index in [0.717, 1.165) is 15.4 Å². The van der Waals surface area contributed by atoms with Crippen LogP contribution >= 0.6 is 11.3 Å². The average molecular weight is 229 g/mol. The van der Waals surface area contributed by atoms with Crippen LogP contribution in [0.25, 0.3) is 21.0 Å². The number of phenols is 1. The van der Waals surface area contributed by atoms with Crippen molar-refractivity contribution in [1.29, 1.82) is 0 Å². The first-order valence-electron chi connectivity index (χ1n) is 4.70. The molecule has 0 radical (unpaired) electrons. The second kappa shape index (κ2) is 3.53. The number of aromatic hydroxyl groups is 1. The summed E-state index contributed by atoms with van der Waals surface area (Å²) in [6.45, 7) is 0. The highest BCUT2D eigenvalue weighted by Crippen LogP contribution is 2.28. The van der Waals surface area contributed by atoms with Crippen molar-refractivity contribution in [1.82, 2.24) is 15.0 Å². The fourth-order valence-electron chi connectivity index (χ4n) is 1.40. The fourth-order valence-corrected chi connectivity index (χ4v) is 2.28. The van der Waals surface area contributed by atoms with Crippen molar-refractivity contribution >= 4 is 21.8 Å². The van der Waals surface area contributed by atoms with Gasteiger partial charge < -0.3 is 5.11 Å². The van der Waals surface area contributed by atoms with E-state index >= 15 is 0 Å². The molecule has 4 nitrogen and oxygen atoms in total. The van der Waals surface area contributed by atoms with Gasteiger partial charge in [-0.15, -0.1) is 0 Å². The van der Waals surface area contributed by atoms with E-state index in [0.29, 0.717) is 5.65 Å². The number of hydrogen-bond donors (Lipinski definition) is 1. The van der Waals surface area contributed by atoms with Crippen LogP contribution in [0.15, 0.2) is 36.7 Å². The number of aromatic nitrogens is 3. The second-order valence-corrected chi connectivity index (χ2v) is 4.23. The Bertz CT molecular complexity index is 600. The first kappa shape index (κ1) is 9.23. The van der Waals surface area contributed by atoms with Gasteiger partial charge in [-0.1, -0.05) is 11.3 Å². The van der Waals surface area contributed by atoms with Gasteiger partial charge in [-0.25, -0.2) is 15.0 Å². The van der Waals surface area contributed by atoms with Crippen LogP contribution in [0.1, 0.15) is 0 Å². The summed E-state index contributed by atoms with van der Waals surface area (Å²) in [5, 5.41) is 10.1. The summed E-state index contributed by atoms with van der Waals surface area (Å²) in [5.41, 5.74) is 1.62. The lowest BCUT2D eigenvalue weighted by Crippen LogP contribution is -1.77. The van der Waals surface area contributed by atoms with Crippen LogP contribution < -0.4 is 0 Å². The summed E-state index contributed by atoms with van der Waals surface area (Å²) in [5.74, 6) is 0.251. The third-order valence-electron chi connectivity index (χ3n) is 2.16. The molecule has 1 N–H and O–H groups in total. The third-order valence-corrected chi connectivity index (χ3v) is 3.16. The summed E-state index contributed by atoms with van der Waals surface area (Å²) in [7, 11) is 0. The van der Waals surface area contributed by atoms with E-state index in [-0.39, 0.29) is 5.75 Å². The molecule has 0 aliphatic heterocycles. The smallest absolute Gasteiger partial charge is 0.190 e. The SMILES string of the molecule is Oc1ccc(-c2nc3nccnc3s2)cc1. The normalized spacial score (nSPS) is 10.8. The molecule has 0 aliphatic rings. The van der Waals surface area contributed by atoms with Gasteiger partial charge >= 0.3 is 0 Å². The minimum atomic E-state index is 0.251.